The molecular formula is C21H23NO4. The number of carbonyl (C=O) groups is 1. The molecule has 0 spiro atoms. The molecule has 26 heavy (non-hydrogen) atoms. The minimum Gasteiger partial charge on any atom is -0.493 e. The van der Waals surface area contributed by atoms with Gasteiger partial charge in [-0.25, -0.2) is 0 Å². The van der Waals surface area contributed by atoms with Gasteiger partial charge in [0.25, 0.3) is 0 Å². The maximum atomic E-state index is 13.2. The molecule has 0 radical (unpaired) electrons. The zero-order chi connectivity index (χ0) is 18.3. The summed E-state index contributed by atoms with van der Waals surface area (Å²) >= 11 is 0. The fourth-order valence-corrected chi connectivity index (χ4v) is 4.12. The molecule has 0 saturated carbocycles. The van der Waals surface area contributed by atoms with Gasteiger partial charge >= 0.3 is 0 Å². The highest BCUT2D eigenvalue weighted by molar-refractivity contribution is 5.82. The van der Waals surface area contributed by atoms with Crippen LogP contribution in [0, 0.1) is 0 Å². The maximum Gasteiger partial charge on any atom is 0.229 e. The minimum absolute atomic E-state index is 0.0631. The van der Waals surface area contributed by atoms with Crippen LogP contribution >= 0.6 is 0 Å². The highest BCUT2D eigenvalue weighted by Crippen LogP contribution is 2.43. The van der Waals surface area contributed by atoms with Gasteiger partial charge in [0.15, 0.2) is 11.5 Å². The zero-order valence-electron chi connectivity index (χ0n) is 15.3. The van der Waals surface area contributed by atoms with Crippen LogP contribution in [0.3, 0.4) is 0 Å². The van der Waals surface area contributed by atoms with Gasteiger partial charge < -0.3 is 19.1 Å². The Morgan fingerprint density at radius 1 is 1.08 bits per heavy atom. The zero-order valence-corrected chi connectivity index (χ0v) is 15.3. The standard InChI is InChI=1S/C21H23NO4/c1-21-12-16-10-19(25-3)18(24-2)9-15(16)11-20(23)22(21)17(13-26-21)14-7-5-4-6-8-14/h4-10,17H,11-13H2,1-3H3/t17-,21+/m0/s1. The third kappa shape index (κ3) is 2.63. The molecule has 5 heteroatoms. The summed E-state index contributed by atoms with van der Waals surface area (Å²) in [6.45, 7) is 2.51. The highest BCUT2D eigenvalue weighted by atomic mass is 16.5. The van der Waals surface area contributed by atoms with Crippen LogP contribution in [0.25, 0.3) is 0 Å². The van der Waals surface area contributed by atoms with E-state index in [-0.39, 0.29) is 11.9 Å². The Morgan fingerprint density at radius 3 is 2.38 bits per heavy atom. The van der Waals surface area contributed by atoms with Gasteiger partial charge in [-0.05, 0) is 35.7 Å². The van der Waals surface area contributed by atoms with Crippen LogP contribution < -0.4 is 9.47 Å². The van der Waals surface area contributed by atoms with Crippen LogP contribution in [0.15, 0.2) is 42.5 Å². The van der Waals surface area contributed by atoms with Crippen LogP contribution in [-0.2, 0) is 22.4 Å². The molecule has 5 nitrogen and oxygen atoms in total. The van der Waals surface area contributed by atoms with Gasteiger partial charge in [0, 0.05) is 6.42 Å². The van der Waals surface area contributed by atoms with E-state index in [0.29, 0.717) is 30.9 Å². The van der Waals surface area contributed by atoms with E-state index in [1.807, 2.05) is 42.2 Å². The van der Waals surface area contributed by atoms with Crippen molar-refractivity contribution in [3.63, 3.8) is 0 Å². The average Bonchev–Trinajstić information content (AvgIpc) is 2.95. The number of methoxy groups -OCH3 is 2. The Morgan fingerprint density at radius 2 is 1.73 bits per heavy atom. The number of rotatable bonds is 3. The Kier molecular flexibility index (Phi) is 4.11. The van der Waals surface area contributed by atoms with Gasteiger partial charge in [0.1, 0.15) is 5.72 Å². The molecule has 136 valence electrons. The lowest BCUT2D eigenvalue weighted by atomic mass is 9.98. The van der Waals surface area contributed by atoms with Crippen LogP contribution in [0.2, 0.25) is 0 Å². The molecule has 2 aliphatic rings. The normalized spacial score (nSPS) is 24.7. The molecule has 1 saturated heterocycles. The van der Waals surface area contributed by atoms with Crippen molar-refractivity contribution in [3.05, 3.63) is 59.2 Å². The number of hydrogen-bond acceptors (Lipinski definition) is 4. The first-order valence-corrected chi connectivity index (χ1v) is 8.80. The van der Waals surface area contributed by atoms with Crippen LogP contribution in [-0.4, -0.2) is 37.4 Å². The molecule has 1 amide bonds. The lowest BCUT2D eigenvalue weighted by Gasteiger charge is -2.35. The van der Waals surface area contributed by atoms with E-state index in [9.17, 15) is 4.79 Å². The molecule has 0 bridgehead atoms. The average molecular weight is 353 g/mol. The highest BCUT2D eigenvalue weighted by Gasteiger charge is 2.49. The topological polar surface area (TPSA) is 48.0 Å². The van der Waals surface area contributed by atoms with Gasteiger partial charge in [0.2, 0.25) is 5.91 Å². The summed E-state index contributed by atoms with van der Waals surface area (Å²) in [6.07, 6.45) is 0.954. The summed E-state index contributed by atoms with van der Waals surface area (Å²) in [5.41, 5.74) is 2.47. The van der Waals surface area contributed by atoms with Gasteiger partial charge in [0.05, 0.1) is 33.3 Å². The Hall–Kier alpha value is -2.53. The predicted octanol–water partition coefficient (Wildman–Crippen LogP) is 3.12. The lowest BCUT2D eigenvalue weighted by Crippen LogP contribution is -2.47. The minimum atomic E-state index is -0.664. The first kappa shape index (κ1) is 16.9. The maximum absolute atomic E-state index is 13.2. The van der Waals surface area contributed by atoms with E-state index in [1.54, 1.807) is 14.2 Å². The molecule has 2 aromatic carbocycles. The summed E-state index contributed by atoms with van der Waals surface area (Å²) < 4.78 is 17.0. The fraction of sp³-hybridized carbons (Fsp3) is 0.381. The summed E-state index contributed by atoms with van der Waals surface area (Å²) in [6, 6.07) is 13.9. The second-order valence-corrected chi connectivity index (χ2v) is 7.01. The van der Waals surface area contributed by atoms with E-state index < -0.39 is 5.72 Å². The van der Waals surface area contributed by atoms with Crippen molar-refractivity contribution in [3.8, 4) is 11.5 Å². The van der Waals surface area contributed by atoms with E-state index in [1.165, 1.54) is 0 Å². The molecule has 0 unspecified atom stereocenters. The van der Waals surface area contributed by atoms with E-state index in [2.05, 4.69) is 12.1 Å². The summed E-state index contributed by atoms with van der Waals surface area (Å²) in [4.78, 5) is 15.1. The summed E-state index contributed by atoms with van der Waals surface area (Å²) in [5, 5.41) is 0. The number of amides is 1. The summed E-state index contributed by atoms with van der Waals surface area (Å²) in [7, 11) is 3.23. The SMILES string of the molecule is COc1cc2c(cc1OC)C[C@@]1(C)OC[C@@H](c3ccccc3)N1C(=O)C2. The predicted molar refractivity (Wildman–Crippen MR) is 97.3 cm³/mol. The van der Waals surface area contributed by atoms with E-state index in [4.69, 9.17) is 14.2 Å². The van der Waals surface area contributed by atoms with Crippen LogP contribution in [0.1, 0.15) is 29.7 Å². The molecule has 2 atom stereocenters. The third-order valence-corrected chi connectivity index (χ3v) is 5.39. The number of fused-ring (bicyclic) bond motifs is 2. The molecule has 2 aliphatic heterocycles. The number of hydrogen-bond donors (Lipinski definition) is 0. The summed E-state index contributed by atoms with van der Waals surface area (Å²) in [5.74, 6) is 1.39. The van der Waals surface area contributed by atoms with E-state index in [0.717, 1.165) is 16.7 Å². The van der Waals surface area contributed by atoms with Crippen LogP contribution in [0.5, 0.6) is 11.5 Å². The molecule has 2 heterocycles. The third-order valence-electron chi connectivity index (χ3n) is 5.39. The second-order valence-electron chi connectivity index (χ2n) is 7.01. The van der Waals surface area contributed by atoms with Crippen LogP contribution in [0.4, 0.5) is 0 Å². The Balaban J connectivity index is 1.76. The van der Waals surface area contributed by atoms with Crippen molar-refractivity contribution >= 4 is 5.91 Å². The molecule has 0 aromatic heterocycles. The van der Waals surface area contributed by atoms with Gasteiger partial charge in [-0.1, -0.05) is 30.3 Å². The van der Waals surface area contributed by atoms with Gasteiger partial charge in [-0.2, -0.15) is 0 Å². The van der Waals surface area contributed by atoms with Crippen molar-refractivity contribution in [1.29, 1.82) is 0 Å². The monoisotopic (exact) mass is 353 g/mol. The molecule has 1 fully saturated rings. The molecule has 0 aliphatic carbocycles. The Labute approximate surface area is 153 Å². The number of carbonyl (C=O) groups excluding carboxylic acids is 1. The van der Waals surface area contributed by atoms with Gasteiger partial charge in [-0.15, -0.1) is 0 Å². The molecular weight excluding hydrogens is 330 g/mol. The fourth-order valence-electron chi connectivity index (χ4n) is 4.12. The van der Waals surface area contributed by atoms with Crippen molar-refractivity contribution in [2.75, 3.05) is 20.8 Å². The second kappa shape index (κ2) is 6.32. The smallest absolute Gasteiger partial charge is 0.229 e. The first-order valence-electron chi connectivity index (χ1n) is 8.80. The van der Waals surface area contributed by atoms with Crippen molar-refractivity contribution in [2.24, 2.45) is 0 Å². The molecule has 0 N–H and O–H groups in total. The van der Waals surface area contributed by atoms with E-state index >= 15 is 0 Å². The molecule has 4 rings (SSSR count). The number of nitrogens with zero attached hydrogens (tertiary/aromatic N) is 1. The number of ether oxygens (including phenoxy) is 3. The van der Waals surface area contributed by atoms with Crippen molar-refractivity contribution < 1.29 is 19.0 Å². The van der Waals surface area contributed by atoms with Gasteiger partial charge in [-0.3, -0.25) is 4.79 Å². The Bertz CT molecular complexity index is 835. The number of benzene rings is 2. The molecule has 2 aromatic rings. The lowest BCUT2D eigenvalue weighted by molar-refractivity contribution is -0.146. The largest absolute Gasteiger partial charge is 0.493 e. The van der Waals surface area contributed by atoms with Crippen molar-refractivity contribution in [1.82, 2.24) is 4.90 Å². The first-order chi connectivity index (χ1) is 12.6. The quantitative estimate of drug-likeness (QED) is 0.851. The van der Waals surface area contributed by atoms with Crippen molar-refractivity contribution in [2.45, 2.75) is 31.5 Å².